The first kappa shape index (κ1) is 19.5. The second-order valence-electron chi connectivity index (χ2n) is 7.02. The van der Waals surface area contributed by atoms with Gasteiger partial charge in [-0.2, -0.15) is 10.2 Å². The summed E-state index contributed by atoms with van der Waals surface area (Å²) in [7, 11) is 0. The average Bonchev–Trinajstić information content (AvgIpc) is 3.15. The van der Waals surface area contributed by atoms with Gasteiger partial charge in [-0.05, 0) is 37.6 Å². The van der Waals surface area contributed by atoms with Crippen molar-refractivity contribution in [3.63, 3.8) is 0 Å². The third-order valence-corrected chi connectivity index (χ3v) is 4.75. The lowest BCUT2D eigenvalue weighted by atomic mass is 10.1. The van der Waals surface area contributed by atoms with Crippen LogP contribution in [-0.2, 0) is 13.1 Å². The van der Waals surface area contributed by atoms with Crippen molar-refractivity contribution in [1.82, 2.24) is 19.6 Å². The minimum absolute atomic E-state index is 0.118. The molecule has 0 fully saturated rings. The van der Waals surface area contributed by atoms with Crippen LogP contribution < -0.4 is 10.7 Å². The summed E-state index contributed by atoms with van der Waals surface area (Å²) >= 11 is 0. The molecule has 2 aromatic heterocycles. The van der Waals surface area contributed by atoms with Gasteiger partial charge >= 0.3 is 0 Å². The van der Waals surface area contributed by atoms with Gasteiger partial charge in [-0.25, -0.2) is 4.39 Å². The van der Waals surface area contributed by atoms with Crippen LogP contribution in [0.4, 0.5) is 10.1 Å². The standard InChI is InChI=1S/C22H20FN5O2/c1-3-28-19-8-7-16(23)10-18(19)21(29)20(26-28)22(30)25-17-11-24-27(13-17)12-15-6-4-5-14(2)9-15/h4-11,13H,3,12H2,1-2H3,(H,25,30). The summed E-state index contributed by atoms with van der Waals surface area (Å²) in [5, 5.41) is 11.2. The number of anilines is 1. The molecular weight excluding hydrogens is 385 g/mol. The van der Waals surface area contributed by atoms with E-state index < -0.39 is 17.2 Å². The van der Waals surface area contributed by atoms with E-state index in [4.69, 9.17) is 0 Å². The largest absolute Gasteiger partial charge is 0.318 e. The van der Waals surface area contributed by atoms with Crippen molar-refractivity contribution >= 4 is 22.5 Å². The fourth-order valence-corrected chi connectivity index (χ4v) is 3.35. The Morgan fingerprint density at radius 1 is 1.20 bits per heavy atom. The van der Waals surface area contributed by atoms with Crippen LogP contribution in [0.25, 0.3) is 10.9 Å². The van der Waals surface area contributed by atoms with Gasteiger partial charge in [0, 0.05) is 12.7 Å². The number of hydrogen-bond acceptors (Lipinski definition) is 4. The molecule has 0 saturated heterocycles. The maximum absolute atomic E-state index is 13.7. The Kier molecular flexibility index (Phi) is 5.14. The summed E-state index contributed by atoms with van der Waals surface area (Å²) in [6, 6.07) is 11.9. The topological polar surface area (TPSA) is 81.8 Å². The normalized spacial score (nSPS) is 11.0. The number of nitrogens with one attached hydrogen (secondary N) is 1. The number of halogens is 1. The number of aromatic nitrogens is 4. The van der Waals surface area contributed by atoms with E-state index in [0.717, 1.165) is 17.2 Å². The van der Waals surface area contributed by atoms with Gasteiger partial charge in [0.05, 0.1) is 29.3 Å². The quantitative estimate of drug-likeness (QED) is 0.552. The Hall–Kier alpha value is -3.81. The first-order valence-corrected chi connectivity index (χ1v) is 9.54. The maximum Gasteiger partial charge on any atom is 0.280 e. The molecular formula is C22H20FN5O2. The molecule has 0 aliphatic rings. The monoisotopic (exact) mass is 405 g/mol. The van der Waals surface area contributed by atoms with Crippen LogP contribution in [0.2, 0.25) is 0 Å². The van der Waals surface area contributed by atoms with E-state index in [9.17, 15) is 14.0 Å². The lowest BCUT2D eigenvalue weighted by Gasteiger charge is -2.10. The molecule has 0 unspecified atom stereocenters. The summed E-state index contributed by atoms with van der Waals surface area (Å²) in [6.45, 7) is 4.83. The molecule has 0 bridgehead atoms. The zero-order chi connectivity index (χ0) is 21.3. The molecule has 7 nitrogen and oxygen atoms in total. The SMILES string of the molecule is CCn1nc(C(=O)Nc2cnn(Cc3cccc(C)c3)c2)c(=O)c2cc(F)ccc21. The summed E-state index contributed by atoms with van der Waals surface area (Å²) in [4.78, 5) is 25.5. The van der Waals surface area contributed by atoms with Crippen molar-refractivity contribution in [1.29, 1.82) is 0 Å². The molecule has 0 aliphatic heterocycles. The van der Waals surface area contributed by atoms with Gasteiger partial charge in [-0.3, -0.25) is 19.0 Å². The van der Waals surface area contributed by atoms with Crippen LogP contribution in [0.15, 0.2) is 59.7 Å². The van der Waals surface area contributed by atoms with Gasteiger partial charge in [0.15, 0.2) is 5.69 Å². The van der Waals surface area contributed by atoms with Crippen molar-refractivity contribution in [3.8, 4) is 0 Å². The average molecular weight is 405 g/mol. The highest BCUT2D eigenvalue weighted by Crippen LogP contribution is 2.14. The van der Waals surface area contributed by atoms with E-state index in [1.807, 2.05) is 32.0 Å². The Labute approximate surface area is 171 Å². The van der Waals surface area contributed by atoms with E-state index in [0.29, 0.717) is 24.3 Å². The summed E-state index contributed by atoms with van der Waals surface area (Å²) in [5.74, 6) is -1.21. The first-order valence-electron chi connectivity index (χ1n) is 9.54. The number of rotatable bonds is 5. The van der Waals surface area contributed by atoms with Crippen LogP contribution in [0.3, 0.4) is 0 Å². The Morgan fingerprint density at radius 2 is 2.03 bits per heavy atom. The number of benzene rings is 2. The number of aryl methyl sites for hydroxylation is 2. The Morgan fingerprint density at radius 3 is 2.80 bits per heavy atom. The number of nitrogens with zero attached hydrogens (tertiary/aromatic N) is 4. The van der Waals surface area contributed by atoms with Gasteiger partial charge in [-0.1, -0.05) is 29.8 Å². The van der Waals surface area contributed by atoms with E-state index in [1.54, 1.807) is 10.9 Å². The third kappa shape index (κ3) is 3.84. The zero-order valence-electron chi connectivity index (χ0n) is 16.6. The van der Waals surface area contributed by atoms with Crippen LogP contribution >= 0.6 is 0 Å². The molecule has 8 heteroatoms. The molecule has 30 heavy (non-hydrogen) atoms. The molecule has 0 atom stereocenters. The van der Waals surface area contributed by atoms with Gasteiger partial charge in [0.1, 0.15) is 5.82 Å². The predicted octanol–water partition coefficient (Wildman–Crippen LogP) is 3.36. The van der Waals surface area contributed by atoms with Crippen molar-refractivity contribution in [2.75, 3.05) is 5.32 Å². The number of carbonyl (C=O) groups excluding carboxylic acids is 1. The van der Waals surface area contributed by atoms with Gasteiger partial charge < -0.3 is 5.32 Å². The number of carbonyl (C=O) groups is 1. The molecule has 152 valence electrons. The fraction of sp³-hybridized carbons (Fsp3) is 0.182. The molecule has 0 radical (unpaired) electrons. The van der Waals surface area contributed by atoms with Gasteiger partial charge in [0.2, 0.25) is 5.43 Å². The van der Waals surface area contributed by atoms with Crippen LogP contribution in [0, 0.1) is 12.7 Å². The molecule has 0 saturated carbocycles. The van der Waals surface area contributed by atoms with E-state index in [-0.39, 0.29) is 11.1 Å². The Bertz CT molecular complexity index is 1310. The molecule has 2 aromatic carbocycles. The zero-order valence-corrected chi connectivity index (χ0v) is 16.6. The van der Waals surface area contributed by atoms with Crippen molar-refractivity contribution in [2.24, 2.45) is 0 Å². The smallest absolute Gasteiger partial charge is 0.280 e. The summed E-state index contributed by atoms with van der Waals surface area (Å²) in [6.07, 6.45) is 3.19. The molecule has 4 aromatic rings. The van der Waals surface area contributed by atoms with Gasteiger partial charge in [0.25, 0.3) is 5.91 Å². The van der Waals surface area contributed by atoms with E-state index >= 15 is 0 Å². The minimum atomic E-state index is -0.663. The van der Waals surface area contributed by atoms with Crippen LogP contribution in [0.5, 0.6) is 0 Å². The van der Waals surface area contributed by atoms with Crippen molar-refractivity contribution in [2.45, 2.75) is 26.9 Å². The molecule has 1 amide bonds. The molecule has 0 aliphatic carbocycles. The molecule has 2 heterocycles. The minimum Gasteiger partial charge on any atom is -0.318 e. The second-order valence-corrected chi connectivity index (χ2v) is 7.02. The number of fused-ring (bicyclic) bond motifs is 1. The highest BCUT2D eigenvalue weighted by atomic mass is 19.1. The predicted molar refractivity (Wildman–Crippen MR) is 112 cm³/mol. The molecule has 1 N–H and O–H groups in total. The summed E-state index contributed by atoms with van der Waals surface area (Å²) < 4.78 is 16.9. The van der Waals surface area contributed by atoms with Crippen molar-refractivity contribution in [3.05, 3.63) is 87.7 Å². The lowest BCUT2D eigenvalue weighted by Crippen LogP contribution is -2.27. The fourth-order valence-electron chi connectivity index (χ4n) is 3.35. The maximum atomic E-state index is 13.7. The lowest BCUT2D eigenvalue weighted by molar-refractivity contribution is 0.101. The first-order chi connectivity index (χ1) is 14.4. The van der Waals surface area contributed by atoms with Crippen molar-refractivity contribution < 1.29 is 9.18 Å². The number of hydrogen-bond donors (Lipinski definition) is 1. The van der Waals surface area contributed by atoms with E-state index in [2.05, 4.69) is 21.6 Å². The highest BCUT2D eigenvalue weighted by molar-refractivity contribution is 6.04. The third-order valence-electron chi connectivity index (χ3n) is 4.75. The summed E-state index contributed by atoms with van der Waals surface area (Å²) in [5.41, 5.74) is 2.25. The second kappa shape index (κ2) is 7.90. The Balaban J connectivity index is 1.60. The highest BCUT2D eigenvalue weighted by Gasteiger charge is 2.18. The van der Waals surface area contributed by atoms with E-state index in [1.165, 1.54) is 23.0 Å². The van der Waals surface area contributed by atoms with Crippen LogP contribution in [0.1, 0.15) is 28.5 Å². The number of amides is 1. The van der Waals surface area contributed by atoms with Gasteiger partial charge in [-0.15, -0.1) is 0 Å². The molecule has 4 rings (SSSR count). The van der Waals surface area contributed by atoms with Crippen LogP contribution in [-0.4, -0.2) is 25.5 Å². The molecule has 0 spiro atoms.